The van der Waals surface area contributed by atoms with E-state index in [0.717, 1.165) is 19.3 Å². The lowest BCUT2D eigenvalue weighted by Crippen LogP contribution is -2.48. The number of urea groups is 1. The summed E-state index contributed by atoms with van der Waals surface area (Å²) in [6, 6.07) is -0.00698. The van der Waals surface area contributed by atoms with E-state index in [2.05, 4.69) is 22.8 Å². The Hall–Kier alpha value is -1.03. The largest absolute Gasteiger partial charge is 0.392 e. The van der Waals surface area contributed by atoms with Gasteiger partial charge in [0.15, 0.2) is 0 Å². The summed E-state index contributed by atoms with van der Waals surface area (Å²) in [6.45, 7) is 8.38. The number of aliphatic hydroxyl groups is 1. The molecule has 0 aromatic rings. The normalized spacial score (nSPS) is 21.3. The minimum absolute atomic E-state index is 0.145. The summed E-state index contributed by atoms with van der Waals surface area (Å²) < 4.78 is 0. The smallest absolute Gasteiger partial charge is 0.315 e. The van der Waals surface area contributed by atoms with Crippen LogP contribution in [0.2, 0.25) is 0 Å². The third-order valence-corrected chi connectivity index (χ3v) is 3.71. The Morgan fingerprint density at radius 3 is 2.68 bits per heavy atom. The van der Waals surface area contributed by atoms with E-state index < -0.39 is 6.10 Å². The number of allylic oxidation sites excluding steroid dienone is 1. The molecule has 0 aromatic heterocycles. The number of hydrogen-bond acceptors (Lipinski definition) is 2. The molecule has 1 aliphatic rings. The van der Waals surface area contributed by atoms with Crippen molar-refractivity contribution in [2.24, 2.45) is 11.3 Å². The summed E-state index contributed by atoms with van der Waals surface area (Å²) in [6.07, 6.45) is 6.97. The number of carbonyl (C=O) groups excluding carboxylic acids is 1. The van der Waals surface area contributed by atoms with Gasteiger partial charge in [0.25, 0.3) is 0 Å². The second kappa shape index (κ2) is 6.94. The average Bonchev–Trinajstić information content (AvgIpc) is 2.36. The molecule has 110 valence electrons. The van der Waals surface area contributed by atoms with E-state index in [1.807, 2.05) is 27.7 Å². The van der Waals surface area contributed by atoms with E-state index in [-0.39, 0.29) is 23.4 Å². The van der Waals surface area contributed by atoms with Crippen LogP contribution >= 0.6 is 0 Å². The van der Waals surface area contributed by atoms with E-state index in [1.165, 1.54) is 0 Å². The van der Waals surface area contributed by atoms with Gasteiger partial charge < -0.3 is 15.7 Å². The van der Waals surface area contributed by atoms with Gasteiger partial charge in [-0.1, -0.05) is 39.8 Å². The van der Waals surface area contributed by atoms with Gasteiger partial charge in [0.1, 0.15) is 0 Å². The number of nitrogens with one attached hydrogen (secondary N) is 2. The van der Waals surface area contributed by atoms with Gasteiger partial charge in [-0.15, -0.1) is 0 Å². The first-order valence-corrected chi connectivity index (χ1v) is 7.22. The Bertz CT molecular complexity index is 324. The Morgan fingerprint density at radius 2 is 2.16 bits per heavy atom. The van der Waals surface area contributed by atoms with Crippen LogP contribution in [0.15, 0.2) is 12.2 Å². The van der Waals surface area contributed by atoms with E-state index >= 15 is 0 Å². The molecule has 3 N–H and O–H groups in total. The highest BCUT2D eigenvalue weighted by molar-refractivity contribution is 5.74. The standard InChI is InChI=1S/C15H28N2O2/c1-11(2)13(18)15(3,4)10-16-14(19)17-12-8-6-5-7-9-12/h6,8,11-13,18H,5,7,9-10H2,1-4H3,(H2,16,17,19). The number of aliphatic hydroxyl groups excluding tert-OH is 1. The minimum atomic E-state index is -0.428. The van der Waals surface area contributed by atoms with Crippen molar-refractivity contribution in [3.63, 3.8) is 0 Å². The molecular weight excluding hydrogens is 240 g/mol. The second-order valence-electron chi connectivity index (χ2n) is 6.47. The van der Waals surface area contributed by atoms with Gasteiger partial charge in [0, 0.05) is 18.0 Å². The summed E-state index contributed by atoms with van der Waals surface area (Å²) in [5.41, 5.74) is -0.325. The molecule has 19 heavy (non-hydrogen) atoms. The van der Waals surface area contributed by atoms with Crippen LogP contribution in [0, 0.1) is 11.3 Å². The maximum Gasteiger partial charge on any atom is 0.315 e. The van der Waals surface area contributed by atoms with Crippen molar-refractivity contribution >= 4 is 6.03 Å². The molecule has 0 aromatic carbocycles. The summed E-state index contributed by atoms with van der Waals surface area (Å²) in [7, 11) is 0. The summed E-state index contributed by atoms with van der Waals surface area (Å²) in [5, 5.41) is 15.9. The molecule has 2 amide bonds. The molecule has 0 saturated heterocycles. The van der Waals surface area contributed by atoms with E-state index in [1.54, 1.807) is 0 Å². The first-order valence-electron chi connectivity index (χ1n) is 7.22. The highest BCUT2D eigenvalue weighted by Gasteiger charge is 2.30. The van der Waals surface area contributed by atoms with Crippen molar-refractivity contribution < 1.29 is 9.90 Å². The highest BCUT2D eigenvalue weighted by Crippen LogP contribution is 2.25. The van der Waals surface area contributed by atoms with Crippen molar-refractivity contribution in [3.05, 3.63) is 12.2 Å². The fraction of sp³-hybridized carbons (Fsp3) is 0.800. The Kier molecular flexibility index (Phi) is 5.85. The van der Waals surface area contributed by atoms with Crippen molar-refractivity contribution in [3.8, 4) is 0 Å². The van der Waals surface area contributed by atoms with Crippen LogP contribution in [-0.4, -0.2) is 29.8 Å². The number of carbonyl (C=O) groups is 1. The van der Waals surface area contributed by atoms with Gasteiger partial charge in [0.2, 0.25) is 0 Å². The number of rotatable bonds is 5. The van der Waals surface area contributed by atoms with Crippen molar-refractivity contribution in [2.75, 3.05) is 6.54 Å². The van der Waals surface area contributed by atoms with Gasteiger partial charge in [-0.05, 0) is 25.2 Å². The molecule has 4 nitrogen and oxygen atoms in total. The monoisotopic (exact) mass is 268 g/mol. The van der Waals surface area contributed by atoms with E-state index in [0.29, 0.717) is 6.54 Å². The highest BCUT2D eigenvalue weighted by atomic mass is 16.3. The van der Waals surface area contributed by atoms with Gasteiger partial charge in [-0.3, -0.25) is 0 Å². The lowest BCUT2D eigenvalue weighted by Gasteiger charge is -2.33. The van der Waals surface area contributed by atoms with Crippen LogP contribution in [-0.2, 0) is 0 Å². The van der Waals surface area contributed by atoms with Crippen LogP contribution in [0.25, 0.3) is 0 Å². The van der Waals surface area contributed by atoms with Crippen LogP contribution < -0.4 is 10.6 Å². The third kappa shape index (κ3) is 5.23. The molecule has 0 aliphatic heterocycles. The van der Waals surface area contributed by atoms with E-state index in [9.17, 15) is 9.90 Å². The molecule has 1 rings (SSSR count). The zero-order chi connectivity index (χ0) is 14.5. The maximum atomic E-state index is 11.8. The Morgan fingerprint density at radius 1 is 1.47 bits per heavy atom. The first-order chi connectivity index (χ1) is 8.83. The molecule has 2 unspecified atom stereocenters. The van der Waals surface area contributed by atoms with Crippen LogP contribution in [0.1, 0.15) is 47.0 Å². The maximum absolute atomic E-state index is 11.8. The van der Waals surface area contributed by atoms with Gasteiger partial charge >= 0.3 is 6.03 Å². The Balaban J connectivity index is 2.36. The van der Waals surface area contributed by atoms with Crippen LogP contribution in [0.5, 0.6) is 0 Å². The topological polar surface area (TPSA) is 61.4 Å². The molecule has 0 fully saturated rings. The molecular formula is C15H28N2O2. The minimum Gasteiger partial charge on any atom is -0.392 e. The van der Waals surface area contributed by atoms with E-state index in [4.69, 9.17) is 0 Å². The van der Waals surface area contributed by atoms with Crippen molar-refractivity contribution in [1.82, 2.24) is 10.6 Å². The molecule has 1 aliphatic carbocycles. The van der Waals surface area contributed by atoms with Crippen molar-refractivity contribution in [2.45, 2.75) is 59.1 Å². The molecule has 0 bridgehead atoms. The fourth-order valence-electron chi connectivity index (χ4n) is 2.47. The van der Waals surface area contributed by atoms with Crippen molar-refractivity contribution in [1.29, 1.82) is 0 Å². The fourth-order valence-corrected chi connectivity index (χ4v) is 2.47. The summed E-state index contributed by atoms with van der Waals surface area (Å²) in [4.78, 5) is 11.8. The molecule has 0 radical (unpaired) electrons. The predicted octanol–water partition coefficient (Wildman–Crippen LogP) is 2.44. The predicted molar refractivity (Wildman–Crippen MR) is 77.9 cm³/mol. The quantitative estimate of drug-likeness (QED) is 0.671. The molecule has 2 atom stereocenters. The van der Waals surface area contributed by atoms with Gasteiger partial charge in [0.05, 0.1) is 6.10 Å². The van der Waals surface area contributed by atoms with Gasteiger partial charge in [-0.25, -0.2) is 4.79 Å². The lowest BCUT2D eigenvalue weighted by atomic mass is 9.81. The molecule has 0 heterocycles. The third-order valence-electron chi connectivity index (χ3n) is 3.71. The number of hydrogen-bond donors (Lipinski definition) is 3. The number of amides is 2. The lowest BCUT2D eigenvalue weighted by molar-refractivity contribution is 0.0151. The first kappa shape index (κ1) is 16.0. The Labute approximate surface area is 116 Å². The molecule has 0 spiro atoms. The molecule has 0 saturated carbocycles. The van der Waals surface area contributed by atoms with Crippen LogP contribution in [0.3, 0.4) is 0 Å². The SMILES string of the molecule is CC(C)C(O)C(C)(C)CNC(=O)NC1C=CCCC1. The van der Waals surface area contributed by atoms with Crippen LogP contribution in [0.4, 0.5) is 4.79 Å². The summed E-state index contributed by atoms with van der Waals surface area (Å²) in [5.74, 6) is 0.182. The zero-order valence-electron chi connectivity index (χ0n) is 12.6. The second-order valence-corrected chi connectivity index (χ2v) is 6.47. The average molecular weight is 268 g/mol. The summed E-state index contributed by atoms with van der Waals surface area (Å²) >= 11 is 0. The molecule has 4 heteroatoms. The zero-order valence-corrected chi connectivity index (χ0v) is 12.6. The van der Waals surface area contributed by atoms with Gasteiger partial charge in [-0.2, -0.15) is 0 Å².